The summed E-state index contributed by atoms with van der Waals surface area (Å²) < 4.78 is 18.7. The van der Waals surface area contributed by atoms with Crippen molar-refractivity contribution in [1.82, 2.24) is 10.8 Å². The van der Waals surface area contributed by atoms with Gasteiger partial charge in [-0.3, -0.25) is 4.79 Å². The molecule has 0 aromatic heterocycles. The lowest BCUT2D eigenvalue weighted by Gasteiger charge is -2.28. The second kappa shape index (κ2) is 13.6. The number of benzene rings is 1. The van der Waals surface area contributed by atoms with Gasteiger partial charge in [-0.25, -0.2) is 9.87 Å². The normalized spacial score (nSPS) is 25.0. The molecule has 6 nitrogen and oxygen atoms in total. The summed E-state index contributed by atoms with van der Waals surface area (Å²) in [6.45, 7) is 2.06. The van der Waals surface area contributed by atoms with Crippen LogP contribution < -0.4 is 10.8 Å². The molecule has 184 valence electrons. The first kappa shape index (κ1) is 27.2. The van der Waals surface area contributed by atoms with Crippen LogP contribution >= 0.6 is 0 Å². The Bertz CT molecular complexity index is 800. The van der Waals surface area contributed by atoms with E-state index in [1.54, 1.807) is 6.07 Å². The highest BCUT2D eigenvalue weighted by atomic mass is 19.1. The molecule has 1 fully saturated rings. The standard InChI is InChI=1S/C26H39FN2O4/c1-26(28-2,16-14-19-10-8-9-12-22(19)27)17-15-20-21(24(30)18-23(20)29-32)11-6-4-5-7-13-25(31)33-3/h4,6,8-10,12,15,17,20-21,23-24,28-30,32H,5,7,11,13-14,16,18H2,1-3H3/b6-4-,17-15+. The molecule has 2 rings (SSSR count). The van der Waals surface area contributed by atoms with Crippen molar-refractivity contribution in [1.29, 1.82) is 0 Å². The van der Waals surface area contributed by atoms with Crippen molar-refractivity contribution in [3.8, 4) is 0 Å². The second-order valence-electron chi connectivity index (χ2n) is 9.07. The number of aliphatic hydroxyl groups excluding tert-OH is 1. The number of carbonyl (C=O) groups excluding carboxylic acids is 1. The molecule has 1 aliphatic rings. The van der Waals surface area contributed by atoms with Crippen LogP contribution in [0.4, 0.5) is 4.39 Å². The molecule has 0 saturated heterocycles. The Morgan fingerprint density at radius 3 is 2.76 bits per heavy atom. The predicted molar refractivity (Wildman–Crippen MR) is 127 cm³/mol. The molecule has 0 aliphatic heterocycles. The Morgan fingerprint density at radius 1 is 1.33 bits per heavy atom. The van der Waals surface area contributed by atoms with Crippen molar-refractivity contribution in [3.63, 3.8) is 0 Å². The van der Waals surface area contributed by atoms with Gasteiger partial charge in [-0.2, -0.15) is 0 Å². The quantitative estimate of drug-likeness (QED) is 0.154. The van der Waals surface area contributed by atoms with Crippen LogP contribution in [-0.4, -0.2) is 48.1 Å². The lowest BCUT2D eigenvalue weighted by molar-refractivity contribution is -0.140. The van der Waals surface area contributed by atoms with Gasteiger partial charge >= 0.3 is 5.97 Å². The molecule has 0 spiro atoms. The van der Waals surface area contributed by atoms with Gasteiger partial charge in [0.2, 0.25) is 0 Å². The monoisotopic (exact) mass is 462 g/mol. The number of hydroxylamine groups is 1. The molecule has 0 amide bonds. The molecule has 1 aromatic carbocycles. The third-order valence-corrected chi connectivity index (χ3v) is 6.80. The van der Waals surface area contributed by atoms with Gasteiger partial charge in [-0.05, 0) is 70.0 Å². The van der Waals surface area contributed by atoms with Gasteiger partial charge < -0.3 is 20.4 Å². The van der Waals surface area contributed by atoms with Crippen LogP contribution in [-0.2, 0) is 16.0 Å². The number of aryl methyl sites for hydroxylation is 1. The fraction of sp³-hybridized carbons (Fsp3) is 0.577. The van der Waals surface area contributed by atoms with Crippen LogP contribution in [0.25, 0.3) is 0 Å². The van der Waals surface area contributed by atoms with E-state index in [0.29, 0.717) is 37.7 Å². The number of hydrogen-bond acceptors (Lipinski definition) is 6. The number of aliphatic hydroxyl groups is 1. The van der Waals surface area contributed by atoms with Gasteiger partial charge in [-0.1, -0.05) is 42.5 Å². The summed E-state index contributed by atoms with van der Waals surface area (Å²) in [5.41, 5.74) is 2.70. The van der Waals surface area contributed by atoms with Crippen molar-refractivity contribution in [2.45, 2.75) is 69.6 Å². The summed E-state index contributed by atoms with van der Waals surface area (Å²) in [6, 6.07) is 6.59. The Labute approximate surface area is 196 Å². The number of methoxy groups -OCH3 is 1. The third kappa shape index (κ3) is 8.34. The molecule has 5 unspecified atom stereocenters. The number of halogens is 1. The maximum Gasteiger partial charge on any atom is 0.305 e. The molecule has 33 heavy (non-hydrogen) atoms. The van der Waals surface area contributed by atoms with E-state index in [4.69, 9.17) is 0 Å². The zero-order valence-electron chi connectivity index (χ0n) is 20.0. The van der Waals surface area contributed by atoms with E-state index in [0.717, 1.165) is 12.8 Å². The van der Waals surface area contributed by atoms with Gasteiger partial charge in [0.25, 0.3) is 0 Å². The maximum absolute atomic E-state index is 14.0. The van der Waals surface area contributed by atoms with Crippen molar-refractivity contribution >= 4 is 5.97 Å². The first-order valence-corrected chi connectivity index (χ1v) is 11.7. The van der Waals surface area contributed by atoms with Gasteiger partial charge in [0.1, 0.15) is 5.82 Å². The van der Waals surface area contributed by atoms with Crippen LogP contribution in [0.3, 0.4) is 0 Å². The van der Waals surface area contributed by atoms with E-state index in [-0.39, 0.29) is 35.2 Å². The van der Waals surface area contributed by atoms with Crippen LogP contribution in [0.2, 0.25) is 0 Å². The number of ether oxygens (including phenoxy) is 1. The Morgan fingerprint density at radius 2 is 2.09 bits per heavy atom. The minimum atomic E-state index is -0.525. The molecule has 1 aromatic rings. The highest BCUT2D eigenvalue weighted by Gasteiger charge is 2.40. The highest BCUT2D eigenvalue weighted by Crippen LogP contribution is 2.37. The number of carbonyl (C=O) groups is 1. The SMILES string of the molecule is CNC(C)(/C=C/C1C(NO)CC(O)C1C/C=C\CCCC(=O)OC)CCc1ccccc1F. The molecule has 4 N–H and O–H groups in total. The minimum absolute atomic E-state index is 0.0320. The molecule has 0 radical (unpaired) electrons. The minimum Gasteiger partial charge on any atom is -0.469 e. The largest absolute Gasteiger partial charge is 0.469 e. The number of unbranched alkanes of at least 4 members (excludes halogenated alkanes) is 1. The summed E-state index contributed by atoms with van der Waals surface area (Å²) in [5.74, 6) is -0.484. The fourth-order valence-electron chi connectivity index (χ4n) is 4.42. The molecular formula is C26H39FN2O4. The third-order valence-electron chi connectivity index (χ3n) is 6.80. The van der Waals surface area contributed by atoms with Crippen LogP contribution in [0.5, 0.6) is 0 Å². The number of hydrogen-bond donors (Lipinski definition) is 4. The van der Waals surface area contributed by atoms with Gasteiger partial charge in [0.15, 0.2) is 0 Å². The van der Waals surface area contributed by atoms with Crippen LogP contribution in [0.1, 0.15) is 51.0 Å². The highest BCUT2D eigenvalue weighted by molar-refractivity contribution is 5.69. The zero-order valence-corrected chi connectivity index (χ0v) is 20.0. The summed E-state index contributed by atoms with van der Waals surface area (Å²) in [6.07, 6.45) is 12.0. The summed E-state index contributed by atoms with van der Waals surface area (Å²) >= 11 is 0. The molecule has 5 atom stereocenters. The number of esters is 1. The number of likely N-dealkylation sites (N-methyl/N-ethyl adjacent to an activating group) is 1. The summed E-state index contributed by atoms with van der Waals surface area (Å²) in [4.78, 5) is 11.2. The Kier molecular flexibility index (Phi) is 11.2. The average Bonchev–Trinajstić information content (AvgIpc) is 3.13. The van der Waals surface area contributed by atoms with E-state index < -0.39 is 6.10 Å². The summed E-state index contributed by atoms with van der Waals surface area (Å²) in [7, 11) is 3.27. The second-order valence-corrected chi connectivity index (χ2v) is 9.07. The predicted octanol–water partition coefficient (Wildman–Crippen LogP) is 3.93. The molecular weight excluding hydrogens is 423 g/mol. The molecule has 0 bridgehead atoms. The van der Waals surface area contributed by atoms with Crippen molar-refractivity contribution < 1.29 is 24.2 Å². The van der Waals surface area contributed by atoms with Crippen molar-refractivity contribution in [2.75, 3.05) is 14.2 Å². The molecule has 1 aliphatic carbocycles. The van der Waals surface area contributed by atoms with E-state index >= 15 is 0 Å². The van der Waals surface area contributed by atoms with Gasteiger partial charge in [-0.15, -0.1) is 0 Å². The first-order valence-electron chi connectivity index (χ1n) is 11.7. The fourth-order valence-corrected chi connectivity index (χ4v) is 4.42. The summed E-state index contributed by atoms with van der Waals surface area (Å²) in [5, 5.41) is 23.6. The van der Waals surface area contributed by atoms with Gasteiger partial charge in [0.05, 0.1) is 13.2 Å². The first-order chi connectivity index (χ1) is 15.8. The number of allylic oxidation sites excluding steroid dienone is 2. The Balaban J connectivity index is 2.00. The van der Waals surface area contributed by atoms with Crippen LogP contribution in [0.15, 0.2) is 48.6 Å². The smallest absolute Gasteiger partial charge is 0.305 e. The van der Waals surface area contributed by atoms with Gasteiger partial charge in [0, 0.05) is 23.9 Å². The maximum atomic E-state index is 14.0. The molecule has 1 saturated carbocycles. The Hall–Kier alpha value is -2.06. The van der Waals surface area contributed by atoms with E-state index in [9.17, 15) is 19.5 Å². The molecule has 0 heterocycles. The van der Waals surface area contributed by atoms with Crippen molar-refractivity contribution in [2.24, 2.45) is 11.8 Å². The lowest BCUT2D eigenvalue weighted by atomic mass is 9.86. The van der Waals surface area contributed by atoms with E-state index in [1.807, 2.05) is 31.3 Å². The van der Waals surface area contributed by atoms with Crippen LogP contribution in [0, 0.1) is 17.7 Å². The van der Waals surface area contributed by atoms with E-state index in [2.05, 4.69) is 34.6 Å². The average molecular weight is 463 g/mol. The number of nitrogens with one attached hydrogen (secondary N) is 2. The molecule has 7 heteroatoms. The van der Waals surface area contributed by atoms with Crippen molar-refractivity contribution in [3.05, 3.63) is 60.0 Å². The lowest BCUT2D eigenvalue weighted by Crippen LogP contribution is -2.39. The van der Waals surface area contributed by atoms with E-state index in [1.165, 1.54) is 13.2 Å². The zero-order chi connectivity index (χ0) is 24.3. The number of rotatable bonds is 13. The topological polar surface area (TPSA) is 90.8 Å².